The van der Waals surface area contributed by atoms with Gasteiger partial charge in [-0.2, -0.15) is 0 Å². The van der Waals surface area contributed by atoms with Crippen LogP contribution >= 0.6 is 0 Å². The third-order valence-electron chi connectivity index (χ3n) is 12.4. The molecule has 2 aromatic heterocycles. The largest absolute Gasteiger partial charge is 0.480 e. The summed E-state index contributed by atoms with van der Waals surface area (Å²) in [5.41, 5.74) is 18.8. The van der Waals surface area contributed by atoms with Gasteiger partial charge < -0.3 is 79.5 Å². The van der Waals surface area contributed by atoms with Crippen molar-refractivity contribution < 1.29 is 53.4 Å². The molecule has 1 fully saturated rings. The Morgan fingerprint density at radius 3 is 1.87 bits per heavy atom. The number of likely N-dealkylation sites (tertiary alicyclic amines) is 1. The Morgan fingerprint density at radius 2 is 1.29 bits per heavy atom. The Hall–Kier alpha value is -7.94. The second-order valence-electron chi connectivity index (χ2n) is 19.9. The summed E-state index contributed by atoms with van der Waals surface area (Å²) in [4.78, 5) is 141. The van der Waals surface area contributed by atoms with Crippen molar-refractivity contribution in [3.05, 3.63) is 72.3 Å². The number of imidazole rings is 2. The molecule has 9 atom stereocenters. The van der Waals surface area contributed by atoms with Crippen LogP contribution in [0, 0.1) is 11.8 Å². The minimum absolute atomic E-state index is 0.0263. The van der Waals surface area contributed by atoms with Crippen molar-refractivity contribution >= 4 is 59.2 Å². The van der Waals surface area contributed by atoms with E-state index in [0.29, 0.717) is 23.4 Å². The average molecular weight is 1080 g/mol. The van der Waals surface area contributed by atoms with Crippen LogP contribution in [0.1, 0.15) is 90.1 Å². The molecule has 1 saturated heterocycles. The minimum atomic E-state index is -1.70. The van der Waals surface area contributed by atoms with Crippen LogP contribution in [0.3, 0.4) is 0 Å². The molecule has 0 saturated carbocycles. The van der Waals surface area contributed by atoms with Gasteiger partial charge in [0.05, 0.1) is 31.3 Å². The molecule has 0 aliphatic carbocycles. The highest BCUT2D eigenvalue weighted by atomic mass is 16.4. The number of aliphatic carboxylic acids is 1. The van der Waals surface area contributed by atoms with Crippen LogP contribution in [-0.2, 0) is 62.4 Å². The van der Waals surface area contributed by atoms with E-state index < -0.39 is 114 Å². The number of nitrogens with two attached hydrogens (primary N) is 3. The summed E-state index contributed by atoms with van der Waals surface area (Å²) in [6.45, 7) is 8.16. The van der Waals surface area contributed by atoms with Gasteiger partial charge in [-0.25, -0.2) is 14.8 Å². The zero-order valence-electron chi connectivity index (χ0n) is 44.1. The first-order valence-corrected chi connectivity index (χ1v) is 25.6. The summed E-state index contributed by atoms with van der Waals surface area (Å²) in [6.07, 6.45) is 5.14. The molecule has 1 aliphatic rings. The second kappa shape index (κ2) is 30.6. The SMILES string of the molecule is CC(C)C[C@H](NC(=O)[C@@H](NC(=O)[C@H](Cc1cnc[nH]1)NC(=O)[C@H](CCCN=C(N)N)NC(=O)CNC(=O)[C@@H]1CCCN1C(=O)[C@H](CC(C)C)NC(=O)[C@@H](N)Cc1cnc[nH]1)[C@@H](C)O)C(=O)N[C@@H](Cc1ccccc1)C(=O)O. The van der Waals surface area contributed by atoms with E-state index in [2.05, 4.69) is 62.1 Å². The minimum Gasteiger partial charge on any atom is -0.480 e. The fourth-order valence-corrected chi connectivity index (χ4v) is 8.55. The maximum atomic E-state index is 14.2. The molecule has 77 heavy (non-hydrogen) atoms. The highest BCUT2D eigenvalue weighted by Gasteiger charge is 2.39. The molecule has 3 aromatic rings. The molecule has 0 radical (unpaired) electrons. The molecule has 422 valence electrons. The highest BCUT2D eigenvalue weighted by Crippen LogP contribution is 2.21. The van der Waals surface area contributed by atoms with Gasteiger partial charge in [0.1, 0.15) is 42.3 Å². The van der Waals surface area contributed by atoms with Crippen LogP contribution in [0.2, 0.25) is 0 Å². The van der Waals surface area contributed by atoms with E-state index in [1.165, 1.54) is 36.9 Å². The number of amides is 8. The summed E-state index contributed by atoms with van der Waals surface area (Å²) in [7, 11) is 0. The molecule has 27 heteroatoms. The van der Waals surface area contributed by atoms with Gasteiger partial charge in [-0.3, -0.25) is 43.3 Å². The van der Waals surface area contributed by atoms with Crippen molar-refractivity contribution in [2.24, 2.45) is 34.0 Å². The van der Waals surface area contributed by atoms with Crippen LogP contribution in [-0.4, -0.2) is 168 Å². The molecule has 4 rings (SSSR count). The number of carboxylic acids is 1. The zero-order chi connectivity index (χ0) is 56.8. The number of aliphatic hydroxyl groups excluding tert-OH is 1. The summed E-state index contributed by atoms with van der Waals surface area (Å²) in [5, 5.41) is 38.8. The van der Waals surface area contributed by atoms with Gasteiger partial charge in [0, 0.05) is 56.1 Å². The fraction of sp³-hybridized carbons (Fsp3) is 0.560. The molecule has 0 unspecified atom stereocenters. The number of hydrogen-bond donors (Lipinski definition) is 14. The number of benzene rings is 1. The van der Waals surface area contributed by atoms with Gasteiger partial charge in [-0.1, -0.05) is 58.0 Å². The number of hydrogen-bond acceptors (Lipinski definition) is 14. The van der Waals surface area contributed by atoms with Crippen molar-refractivity contribution in [2.45, 2.75) is 147 Å². The average Bonchev–Trinajstić information content (AvgIpc) is 4.19. The van der Waals surface area contributed by atoms with Crippen LogP contribution in [0.25, 0.3) is 0 Å². The smallest absolute Gasteiger partial charge is 0.326 e. The first-order valence-electron chi connectivity index (χ1n) is 25.6. The lowest BCUT2D eigenvalue weighted by Gasteiger charge is -2.30. The van der Waals surface area contributed by atoms with Gasteiger partial charge in [0.2, 0.25) is 47.3 Å². The lowest BCUT2D eigenvalue weighted by molar-refractivity contribution is -0.142. The van der Waals surface area contributed by atoms with Crippen molar-refractivity contribution in [1.82, 2.24) is 62.1 Å². The van der Waals surface area contributed by atoms with Gasteiger partial charge in [-0.05, 0) is 62.8 Å². The Balaban J connectivity index is 1.46. The Bertz CT molecular complexity index is 2450. The van der Waals surface area contributed by atoms with E-state index in [0.717, 1.165) is 0 Å². The predicted octanol–water partition coefficient (Wildman–Crippen LogP) is -2.88. The lowest BCUT2D eigenvalue weighted by Crippen LogP contribution is -2.61. The molecule has 3 heterocycles. The molecule has 17 N–H and O–H groups in total. The number of carboxylic acid groups (broad SMARTS) is 1. The standard InChI is InChI=1S/C50H76N16O11/c1-27(2)17-35(44(71)64-38(49(76)77)19-30-11-7-6-8-12-30)62-47(74)41(29(5)67)65-45(72)36(21-32-23-55-26-59-32)61-43(70)34(13-9-15-56-50(52)53)60-40(68)24-57-46(73)39-14-10-16-66(39)48(75)37(18-28(3)4)63-42(69)33(51)20-31-22-54-25-58-31/h6-8,11-12,22-23,25-29,33-39,41,67H,9-10,13-21,24,51H2,1-5H3,(H,54,58)(H,55,59)(H,57,73)(H,60,68)(H,61,70)(H,62,74)(H,63,69)(H,64,71)(H,65,72)(H,76,77)(H4,52,53,56)/t29-,33+,34+,35+,36+,37+,38+,39+,41+/m1/s1. The molecule has 1 aromatic carbocycles. The van der Waals surface area contributed by atoms with E-state index in [9.17, 15) is 53.4 Å². The quantitative estimate of drug-likeness (QED) is 0.0175. The summed E-state index contributed by atoms with van der Waals surface area (Å²) >= 11 is 0. The van der Waals surface area contributed by atoms with E-state index in [-0.39, 0.29) is 82.3 Å². The number of aliphatic hydroxyl groups is 1. The van der Waals surface area contributed by atoms with Crippen molar-refractivity contribution in [3.63, 3.8) is 0 Å². The van der Waals surface area contributed by atoms with Crippen LogP contribution in [0.4, 0.5) is 0 Å². The maximum Gasteiger partial charge on any atom is 0.326 e. The van der Waals surface area contributed by atoms with Crippen molar-refractivity contribution in [1.29, 1.82) is 0 Å². The fourth-order valence-electron chi connectivity index (χ4n) is 8.55. The third kappa shape index (κ3) is 20.6. The van der Waals surface area contributed by atoms with Crippen molar-refractivity contribution in [3.8, 4) is 0 Å². The third-order valence-corrected chi connectivity index (χ3v) is 12.4. The van der Waals surface area contributed by atoms with Gasteiger partial charge in [0.25, 0.3) is 0 Å². The number of aromatic nitrogens is 4. The van der Waals surface area contributed by atoms with Gasteiger partial charge in [-0.15, -0.1) is 0 Å². The predicted molar refractivity (Wildman–Crippen MR) is 280 cm³/mol. The van der Waals surface area contributed by atoms with E-state index in [1.807, 2.05) is 13.8 Å². The molecule has 1 aliphatic heterocycles. The van der Waals surface area contributed by atoms with Crippen LogP contribution in [0.5, 0.6) is 0 Å². The number of rotatable bonds is 31. The topological polar surface area (TPSA) is 429 Å². The van der Waals surface area contributed by atoms with Crippen LogP contribution < -0.4 is 54.4 Å². The van der Waals surface area contributed by atoms with E-state index in [4.69, 9.17) is 17.2 Å². The number of aromatic amines is 2. The maximum absolute atomic E-state index is 14.2. The monoisotopic (exact) mass is 1080 g/mol. The zero-order valence-corrected chi connectivity index (χ0v) is 44.1. The number of guanidine groups is 1. The number of carbonyl (C=O) groups is 9. The molecule has 8 amide bonds. The molecule has 0 bridgehead atoms. The Labute approximate surface area is 446 Å². The summed E-state index contributed by atoms with van der Waals surface area (Å²) < 4.78 is 0. The molecule has 27 nitrogen and oxygen atoms in total. The molecular formula is C50H76N16O11. The number of nitrogens with one attached hydrogen (secondary N) is 9. The second-order valence-corrected chi connectivity index (χ2v) is 19.9. The Morgan fingerprint density at radius 1 is 0.714 bits per heavy atom. The number of aliphatic imine (C=N–C) groups is 1. The summed E-state index contributed by atoms with van der Waals surface area (Å²) in [6, 6.07) is -1.55. The lowest BCUT2D eigenvalue weighted by atomic mass is 10.0. The number of H-pyrrole nitrogens is 2. The summed E-state index contributed by atoms with van der Waals surface area (Å²) in [5.74, 6) is -7.89. The van der Waals surface area contributed by atoms with E-state index in [1.54, 1.807) is 44.2 Å². The first-order chi connectivity index (χ1) is 36.5. The number of nitrogens with zero attached hydrogens (tertiary/aromatic N) is 4. The highest BCUT2D eigenvalue weighted by molar-refractivity contribution is 5.98. The van der Waals surface area contributed by atoms with Gasteiger partial charge >= 0.3 is 5.97 Å². The number of carbonyl (C=O) groups excluding carboxylic acids is 8. The molecule has 0 spiro atoms. The first kappa shape index (κ1) is 61.6. The van der Waals surface area contributed by atoms with Gasteiger partial charge in [0.15, 0.2) is 5.96 Å². The van der Waals surface area contributed by atoms with E-state index >= 15 is 0 Å². The molecular weight excluding hydrogens is 1000 g/mol. The van der Waals surface area contributed by atoms with Crippen molar-refractivity contribution in [2.75, 3.05) is 19.6 Å². The van der Waals surface area contributed by atoms with Crippen LogP contribution in [0.15, 0.2) is 60.4 Å². The normalized spacial score (nSPS) is 16.3. The Kier molecular flexibility index (Phi) is 24.5.